The van der Waals surface area contributed by atoms with Gasteiger partial charge in [-0.2, -0.15) is 10.1 Å². The van der Waals surface area contributed by atoms with Gasteiger partial charge < -0.3 is 9.26 Å². The van der Waals surface area contributed by atoms with Crippen molar-refractivity contribution in [3.8, 4) is 0 Å². The molecule has 2 aromatic heterocycles. The summed E-state index contributed by atoms with van der Waals surface area (Å²) in [6, 6.07) is 0.466. The molecule has 0 amide bonds. The van der Waals surface area contributed by atoms with E-state index in [4.69, 9.17) is 9.26 Å². The van der Waals surface area contributed by atoms with Crippen molar-refractivity contribution in [2.75, 3.05) is 33.8 Å². The Labute approximate surface area is 161 Å². The number of aryl methyl sites for hydroxylation is 1. The molecule has 1 aliphatic heterocycles. The molecule has 0 N–H and O–H groups in total. The monoisotopic (exact) mass is 376 g/mol. The van der Waals surface area contributed by atoms with E-state index >= 15 is 0 Å². The van der Waals surface area contributed by atoms with Gasteiger partial charge in [-0.3, -0.25) is 14.5 Å². The van der Waals surface area contributed by atoms with Crippen LogP contribution in [0.1, 0.15) is 56.1 Å². The molecular formula is C19H32N6O2. The van der Waals surface area contributed by atoms with E-state index in [1.165, 1.54) is 18.4 Å². The summed E-state index contributed by atoms with van der Waals surface area (Å²) in [7, 11) is 5.75. The minimum Gasteiger partial charge on any atom is -0.377 e. The van der Waals surface area contributed by atoms with Gasteiger partial charge in [0.05, 0.1) is 12.2 Å². The lowest BCUT2D eigenvalue weighted by molar-refractivity contribution is 0.0638. The number of methoxy groups -OCH3 is 1. The zero-order valence-corrected chi connectivity index (χ0v) is 17.1. The van der Waals surface area contributed by atoms with Gasteiger partial charge in [0.15, 0.2) is 5.82 Å². The average molecular weight is 377 g/mol. The molecule has 1 saturated heterocycles. The molecule has 150 valence electrons. The molecule has 0 radical (unpaired) electrons. The van der Waals surface area contributed by atoms with Gasteiger partial charge >= 0.3 is 0 Å². The van der Waals surface area contributed by atoms with Gasteiger partial charge in [-0.05, 0) is 45.8 Å². The average Bonchev–Trinajstić information content (AvgIpc) is 3.30. The van der Waals surface area contributed by atoms with E-state index in [9.17, 15) is 0 Å². The Hall–Kier alpha value is -1.77. The molecule has 27 heavy (non-hydrogen) atoms. The van der Waals surface area contributed by atoms with E-state index in [-0.39, 0.29) is 6.04 Å². The van der Waals surface area contributed by atoms with Crippen LogP contribution in [-0.2, 0) is 18.4 Å². The smallest absolute Gasteiger partial charge is 0.243 e. The number of hydrogen-bond donors (Lipinski definition) is 0. The molecule has 3 rings (SSSR count). The lowest BCUT2D eigenvalue weighted by Crippen LogP contribution is -2.43. The fourth-order valence-electron chi connectivity index (χ4n) is 4.11. The van der Waals surface area contributed by atoms with Gasteiger partial charge in [-0.15, -0.1) is 0 Å². The minimum atomic E-state index is 0.0645. The predicted octanol–water partition coefficient (Wildman–Crippen LogP) is 2.42. The van der Waals surface area contributed by atoms with E-state index in [0.717, 1.165) is 19.6 Å². The molecule has 8 heteroatoms. The molecule has 0 bridgehead atoms. The van der Waals surface area contributed by atoms with Crippen LogP contribution in [0, 0.1) is 5.92 Å². The van der Waals surface area contributed by atoms with Crippen molar-refractivity contribution in [2.45, 2.75) is 45.4 Å². The normalized spacial score (nSPS) is 22.4. The fraction of sp³-hybridized carbons (Fsp3) is 0.737. The van der Waals surface area contributed by atoms with Gasteiger partial charge in [-0.25, -0.2) is 0 Å². The van der Waals surface area contributed by atoms with Crippen LogP contribution in [0.5, 0.6) is 0 Å². The van der Waals surface area contributed by atoms with Crippen molar-refractivity contribution < 1.29 is 9.26 Å². The first-order valence-electron chi connectivity index (χ1n) is 9.77. The van der Waals surface area contributed by atoms with Gasteiger partial charge in [-0.1, -0.05) is 12.1 Å². The fourth-order valence-corrected chi connectivity index (χ4v) is 4.11. The Morgan fingerprint density at radius 1 is 1.44 bits per heavy atom. The third-order valence-electron chi connectivity index (χ3n) is 5.63. The Morgan fingerprint density at radius 3 is 2.93 bits per heavy atom. The molecule has 0 aliphatic carbocycles. The maximum Gasteiger partial charge on any atom is 0.243 e. The van der Waals surface area contributed by atoms with Gasteiger partial charge in [0.1, 0.15) is 6.61 Å². The first-order valence-corrected chi connectivity index (χ1v) is 9.77. The number of rotatable bonds is 8. The molecule has 3 heterocycles. The second-order valence-electron chi connectivity index (χ2n) is 7.52. The van der Waals surface area contributed by atoms with Crippen LogP contribution >= 0.6 is 0 Å². The van der Waals surface area contributed by atoms with E-state index in [2.05, 4.69) is 52.1 Å². The molecule has 1 aliphatic rings. The van der Waals surface area contributed by atoms with E-state index in [1.807, 2.05) is 17.9 Å². The minimum absolute atomic E-state index is 0.0645. The standard InChI is InChI=1S/C19H32N6O2/c1-6-25-9-7-8-15(18(25)16-10-20-24(4)12-16)11-23(3)14(2)19-21-17(13-26-5)22-27-19/h10,12,14-15,18H,6-9,11,13H2,1-5H3/t14?,15-,18+/m0/s1. The van der Waals surface area contributed by atoms with E-state index < -0.39 is 0 Å². The first kappa shape index (κ1) is 20.0. The predicted molar refractivity (Wildman–Crippen MR) is 102 cm³/mol. The molecule has 0 aromatic carbocycles. The largest absolute Gasteiger partial charge is 0.377 e. The summed E-state index contributed by atoms with van der Waals surface area (Å²) in [5.41, 5.74) is 1.31. The number of ether oxygens (including phenoxy) is 1. The van der Waals surface area contributed by atoms with E-state index in [1.54, 1.807) is 7.11 Å². The number of hydrogen-bond acceptors (Lipinski definition) is 7. The van der Waals surface area contributed by atoms with Crippen LogP contribution in [-0.4, -0.2) is 63.5 Å². The van der Waals surface area contributed by atoms with Crippen LogP contribution in [0.2, 0.25) is 0 Å². The lowest BCUT2D eigenvalue weighted by atomic mass is 9.85. The Morgan fingerprint density at radius 2 is 2.26 bits per heavy atom. The van der Waals surface area contributed by atoms with Crippen LogP contribution in [0.15, 0.2) is 16.9 Å². The number of likely N-dealkylation sites (tertiary alicyclic amines) is 1. The third kappa shape index (κ3) is 4.56. The second kappa shape index (κ2) is 8.95. The number of nitrogens with zero attached hydrogens (tertiary/aromatic N) is 6. The summed E-state index contributed by atoms with van der Waals surface area (Å²) in [5.74, 6) is 1.78. The molecule has 3 atom stereocenters. The summed E-state index contributed by atoms with van der Waals surface area (Å²) in [6.45, 7) is 7.91. The molecule has 1 fully saturated rings. The maximum absolute atomic E-state index is 5.44. The second-order valence-corrected chi connectivity index (χ2v) is 7.52. The summed E-state index contributed by atoms with van der Waals surface area (Å²) in [5, 5.41) is 8.40. The lowest BCUT2D eigenvalue weighted by Gasteiger charge is -2.42. The first-order chi connectivity index (χ1) is 13.0. The topological polar surface area (TPSA) is 72.5 Å². The highest BCUT2D eigenvalue weighted by Crippen LogP contribution is 2.37. The summed E-state index contributed by atoms with van der Waals surface area (Å²) in [4.78, 5) is 9.35. The Bertz CT molecular complexity index is 715. The Balaban J connectivity index is 1.72. The highest BCUT2D eigenvalue weighted by molar-refractivity contribution is 5.13. The maximum atomic E-state index is 5.44. The van der Waals surface area contributed by atoms with Crippen LogP contribution in [0.3, 0.4) is 0 Å². The molecule has 8 nitrogen and oxygen atoms in total. The molecule has 0 spiro atoms. The quantitative estimate of drug-likeness (QED) is 0.700. The van der Waals surface area contributed by atoms with Gasteiger partial charge in [0, 0.05) is 38.5 Å². The van der Waals surface area contributed by atoms with Crippen LogP contribution in [0.4, 0.5) is 0 Å². The third-order valence-corrected chi connectivity index (χ3v) is 5.63. The highest BCUT2D eigenvalue weighted by Gasteiger charge is 2.34. The van der Waals surface area contributed by atoms with Crippen molar-refractivity contribution in [3.05, 3.63) is 29.7 Å². The van der Waals surface area contributed by atoms with Crippen LogP contribution in [0.25, 0.3) is 0 Å². The summed E-state index contributed by atoms with van der Waals surface area (Å²) < 4.78 is 12.4. The van der Waals surface area contributed by atoms with Crippen molar-refractivity contribution in [1.82, 2.24) is 29.7 Å². The summed E-state index contributed by atoms with van der Waals surface area (Å²) in [6.07, 6.45) is 6.62. The SMILES string of the molecule is CCN1CCC[C@@H](CN(C)C(C)c2nc(COC)no2)[C@@H]1c1cnn(C)c1. The molecule has 2 aromatic rings. The number of piperidine rings is 1. The molecular weight excluding hydrogens is 344 g/mol. The Kier molecular flexibility index (Phi) is 6.62. The molecule has 0 saturated carbocycles. The van der Waals surface area contributed by atoms with Gasteiger partial charge in [0.2, 0.25) is 5.89 Å². The van der Waals surface area contributed by atoms with E-state index in [0.29, 0.717) is 30.3 Å². The molecule has 1 unspecified atom stereocenters. The van der Waals surface area contributed by atoms with Crippen LogP contribution < -0.4 is 0 Å². The zero-order chi connectivity index (χ0) is 19.4. The van der Waals surface area contributed by atoms with Gasteiger partial charge in [0.25, 0.3) is 0 Å². The van der Waals surface area contributed by atoms with Crippen molar-refractivity contribution in [1.29, 1.82) is 0 Å². The van der Waals surface area contributed by atoms with Crippen molar-refractivity contribution >= 4 is 0 Å². The highest BCUT2D eigenvalue weighted by atomic mass is 16.5. The van der Waals surface area contributed by atoms with Crippen molar-refractivity contribution in [2.24, 2.45) is 13.0 Å². The number of aromatic nitrogens is 4. The zero-order valence-electron chi connectivity index (χ0n) is 17.1. The summed E-state index contributed by atoms with van der Waals surface area (Å²) >= 11 is 0. The van der Waals surface area contributed by atoms with Crippen molar-refractivity contribution in [3.63, 3.8) is 0 Å².